The van der Waals surface area contributed by atoms with Gasteiger partial charge in [0.15, 0.2) is 0 Å². The predicted octanol–water partition coefficient (Wildman–Crippen LogP) is 5.71. The van der Waals surface area contributed by atoms with Crippen LogP contribution in [0.1, 0.15) is 98.8 Å². The van der Waals surface area contributed by atoms with Crippen LogP contribution in [0.15, 0.2) is 0 Å². The molecule has 0 amide bonds. The molecule has 2 saturated carbocycles. The molecular weight excluding hydrogens is 304 g/mol. The van der Waals surface area contributed by atoms with Gasteiger partial charge in [0.05, 0.1) is 0 Å². The molecule has 2 unspecified atom stereocenters. The Kier molecular flexibility index (Phi) is 5.91. The summed E-state index contributed by atoms with van der Waals surface area (Å²) in [6.45, 7) is 16.2. The van der Waals surface area contributed by atoms with E-state index >= 15 is 0 Å². The third kappa shape index (κ3) is 3.95. The number of rotatable bonds is 0. The average molecular weight is 349 g/mol. The van der Waals surface area contributed by atoms with Gasteiger partial charge in [-0.15, -0.1) is 0 Å². The van der Waals surface area contributed by atoms with Gasteiger partial charge < -0.3 is 0 Å². The summed E-state index contributed by atoms with van der Waals surface area (Å²) in [5.41, 5.74) is 2.33. The molecule has 2 heteroatoms. The Morgan fingerprint density at radius 1 is 0.760 bits per heavy atom. The van der Waals surface area contributed by atoms with Gasteiger partial charge in [-0.1, -0.05) is 27.7 Å². The lowest BCUT2D eigenvalue weighted by molar-refractivity contribution is 0.218. The van der Waals surface area contributed by atoms with Crippen molar-refractivity contribution in [3.63, 3.8) is 0 Å². The molecule has 0 bridgehead atoms. The van der Waals surface area contributed by atoms with Gasteiger partial charge in [-0.3, -0.25) is 9.80 Å². The maximum Gasteiger partial charge on any atom is 0.0187 e. The summed E-state index contributed by atoms with van der Waals surface area (Å²) < 4.78 is 0. The Morgan fingerprint density at radius 3 is 2.00 bits per heavy atom. The van der Waals surface area contributed by atoms with Crippen molar-refractivity contribution in [3.8, 4) is 0 Å². The zero-order chi connectivity index (χ0) is 18.1. The molecule has 6 rings (SSSR count). The third-order valence-corrected chi connectivity index (χ3v) is 7.81. The van der Waals surface area contributed by atoms with Crippen LogP contribution in [0.2, 0.25) is 0 Å². The first kappa shape index (κ1) is 19.7. The third-order valence-electron chi connectivity index (χ3n) is 7.81. The van der Waals surface area contributed by atoms with Crippen molar-refractivity contribution in [2.45, 2.75) is 110 Å². The monoisotopic (exact) mass is 348 g/mol. The second-order valence-corrected chi connectivity index (χ2v) is 9.67. The van der Waals surface area contributed by atoms with E-state index in [0.717, 1.165) is 16.9 Å². The van der Waals surface area contributed by atoms with E-state index in [2.05, 4.69) is 16.7 Å². The highest BCUT2D eigenvalue weighted by molar-refractivity contribution is 5.12. The second-order valence-electron chi connectivity index (χ2n) is 9.67. The van der Waals surface area contributed by atoms with Crippen LogP contribution in [-0.4, -0.2) is 47.6 Å². The minimum Gasteiger partial charge on any atom is -0.300 e. The van der Waals surface area contributed by atoms with E-state index < -0.39 is 0 Å². The largest absolute Gasteiger partial charge is 0.300 e. The zero-order valence-electron chi connectivity index (χ0n) is 17.9. The summed E-state index contributed by atoms with van der Waals surface area (Å²) >= 11 is 0. The molecule has 6 aliphatic rings. The molecule has 6 fully saturated rings. The minimum absolute atomic E-state index is 0.635. The summed E-state index contributed by atoms with van der Waals surface area (Å²) in [4.78, 5) is 5.48. The molecule has 4 saturated heterocycles. The van der Waals surface area contributed by atoms with E-state index in [9.17, 15) is 0 Å². The molecule has 4 heterocycles. The Bertz CT molecular complexity index is 423. The first-order valence-corrected chi connectivity index (χ1v) is 11.6. The Labute approximate surface area is 157 Å². The quantitative estimate of drug-likeness (QED) is 0.553. The van der Waals surface area contributed by atoms with Crippen molar-refractivity contribution >= 4 is 0 Å². The molecular formula is C23H44N2. The lowest BCUT2D eigenvalue weighted by Crippen LogP contribution is -2.34. The van der Waals surface area contributed by atoms with Crippen LogP contribution in [0.25, 0.3) is 0 Å². The zero-order valence-corrected chi connectivity index (χ0v) is 17.9. The van der Waals surface area contributed by atoms with Crippen molar-refractivity contribution in [2.24, 2.45) is 10.8 Å². The molecule has 0 radical (unpaired) electrons. The molecule has 2 atom stereocenters. The number of nitrogens with zero attached hydrogens (tertiary/aromatic N) is 2. The van der Waals surface area contributed by atoms with E-state index in [4.69, 9.17) is 0 Å². The molecule has 2 nitrogen and oxygen atoms in total. The fourth-order valence-corrected chi connectivity index (χ4v) is 6.20. The lowest BCUT2D eigenvalue weighted by Gasteiger charge is -2.26. The van der Waals surface area contributed by atoms with E-state index in [1.165, 1.54) is 71.1 Å². The van der Waals surface area contributed by atoms with Crippen LogP contribution >= 0.6 is 0 Å². The van der Waals surface area contributed by atoms with Crippen LogP contribution in [0.4, 0.5) is 0 Å². The molecule has 4 aliphatic heterocycles. The maximum atomic E-state index is 2.75. The summed E-state index contributed by atoms with van der Waals surface area (Å²) in [5.74, 6) is 0. The van der Waals surface area contributed by atoms with Gasteiger partial charge in [-0.05, 0) is 95.1 Å². The van der Waals surface area contributed by atoms with E-state index in [-0.39, 0.29) is 0 Å². The van der Waals surface area contributed by atoms with E-state index in [1.807, 2.05) is 27.7 Å². The van der Waals surface area contributed by atoms with Gasteiger partial charge in [-0.2, -0.15) is 0 Å². The summed E-state index contributed by atoms with van der Waals surface area (Å²) in [6.07, 6.45) is 15.1. The van der Waals surface area contributed by atoms with Crippen LogP contribution in [0.5, 0.6) is 0 Å². The number of hydrogen-bond donors (Lipinski definition) is 0. The van der Waals surface area contributed by atoms with Crippen molar-refractivity contribution in [3.05, 3.63) is 0 Å². The Morgan fingerprint density at radius 2 is 1.44 bits per heavy atom. The van der Waals surface area contributed by atoms with Gasteiger partial charge in [-0.25, -0.2) is 0 Å². The van der Waals surface area contributed by atoms with Crippen LogP contribution in [-0.2, 0) is 0 Å². The molecule has 0 aromatic heterocycles. The Balaban J connectivity index is 0.000000123. The number of hydrogen-bond acceptors (Lipinski definition) is 2. The molecule has 2 aliphatic carbocycles. The molecule has 0 aromatic carbocycles. The SMILES string of the molecule is C1CC2CC3(CC3)CN2C1.CC.CC.CC12CCCN1CC1(CC1)C2. The molecule has 2 spiro atoms. The first-order valence-electron chi connectivity index (χ1n) is 11.6. The van der Waals surface area contributed by atoms with Crippen LogP contribution in [0, 0.1) is 10.8 Å². The minimum atomic E-state index is 0.635. The molecule has 146 valence electrons. The highest BCUT2D eigenvalue weighted by Gasteiger charge is 2.57. The highest BCUT2D eigenvalue weighted by Crippen LogP contribution is 2.60. The Hall–Kier alpha value is -0.0800. The number of fused-ring (bicyclic) bond motifs is 2. The van der Waals surface area contributed by atoms with E-state index in [0.29, 0.717) is 5.54 Å². The van der Waals surface area contributed by atoms with Crippen LogP contribution in [0.3, 0.4) is 0 Å². The predicted molar refractivity (Wildman–Crippen MR) is 109 cm³/mol. The van der Waals surface area contributed by atoms with Gasteiger partial charge in [0.2, 0.25) is 0 Å². The molecule has 0 aromatic rings. The summed E-state index contributed by atoms with van der Waals surface area (Å²) in [6, 6.07) is 1.02. The van der Waals surface area contributed by atoms with Gasteiger partial charge in [0.1, 0.15) is 0 Å². The normalized spacial score (nSPS) is 38.0. The van der Waals surface area contributed by atoms with E-state index in [1.54, 1.807) is 19.3 Å². The van der Waals surface area contributed by atoms with Crippen molar-refractivity contribution < 1.29 is 0 Å². The second kappa shape index (κ2) is 7.50. The summed E-state index contributed by atoms with van der Waals surface area (Å²) in [7, 11) is 0. The standard InChI is InChI=1S/C10H17N.C9H15N.2C2H6/c1-9-3-2-6-11(9)8-10(7-9)4-5-10;1-2-8-6-9(3-4-9)7-10(8)5-1;2*1-2/h2-8H2,1H3;8H,1-7H2;2*1-2H3. The smallest absolute Gasteiger partial charge is 0.0187 e. The van der Waals surface area contributed by atoms with Crippen molar-refractivity contribution in [2.75, 3.05) is 26.2 Å². The van der Waals surface area contributed by atoms with Gasteiger partial charge in [0.25, 0.3) is 0 Å². The van der Waals surface area contributed by atoms with Gasteiger partial charge >= 0.3 is 0 Å². The topological polar surface area (TPSA) is 6.48 Å². The fourth-order valence-electron chi connectivity index (χ4n) is 6.20. The van der Waals surface area contributed by atoms with Gasteiger partial charge in [0, 0.05) is 24.7 Å². The maximum absolute atomic E-state index is 2.75. The highest BCUT2D eigenvalue weighted by atomic mass is 15.3. The summed E-state index contributed by atoms with van der Waals surface area (Å²) in [5, 5.41) is 0. The van der Waals surface area contributed by atoms with Crippen molar-refractivity contribution in [1.82, 2.24) is 9.80 Å². The van der Waals surface area contributed by atoms with Crippen LogP contribution < -0.4 is 0 Å². The fraction of sp³-hybridized carbons (Fsp3) is 1.00. The lowest BCUT2D eigenvalue weighted by atomic mass is 9.90. The van der Waals surface area contributed by atoms with Crippen molar-refractivity contribution in [1.29, 1.82) is 0 Å². The average Bonchev–Trinajstić information content (AvgIpc) is 3.34. The molecule has 0 N–H and O–H groups in total. The molecule has 25 heavy (non-hydrogen) atoms. The first-order chi connectivity index (χ1) is 12.1.